The third-order valence-corrected chi connectivity index (χ3v) is 15.5. The molecule has 1 atom stereocenters. The number of hydrogen-bond acceptors (Lipinski definition) is 6. The van der Waals surface area contributed by atoms with E-state index in [9.17, 15) is 14.4 Å². The van der Waals surface area contributed by atoms with Crippen LogP contribution in [-0.4, -0.2) is 37.2 Å². The van der Waals surface area contributed by atoms with Gasteiger partial charge in [-0.15, -0.1) is 0 Å². The molecule has 0 rings (SSSR count). The molecule has 464 valence electrons. The zero-order chi connectivity index (χ0) is 57.8. The van der Waals surface area contributed by atoms with Crippen molar-refractivity contribution in [3.05, 3.63) is 72.9 Å². The Labute approximate surface area is 497 Å². The molecule has 0 aromatic heterocycles. The average molecular weight is 1120 g/mol. The highest BCUT2D eigenvalue weighted by atomic mass is 16.6. The topological polar surface area (TPSA) is 78.9 Å². The SMILES string of the molecule is CC/C=C\C/C=C\C/C=C\C/C=C\C/C=C\C/C=C\CCCCCCC(=O)OCC(COC(=O)CCCCCCCCCCCCCCCCCC)OC(=O)CCCCCCCCCCCCCCCCCCCCCCCCC. The third-order valence-electron chi connectivity index (χ3n) is 15.5. The Morgan fingerprint density at radius 2 is 0.487 bits per heavy atom. The van der Waals surface area contributed by atoms with E-state index in [1.54, 1.807) is 0 Å². The first-order valence-electron chi connectivity index (χ1n) is 34.9. The van der Waals surface area contributed by atoms with Crippen molar-refractivity contribution >= 4 is 17.9 Å². The number of carbonyl (C=O) groups excluding carboxylic acids is 3. The van der Waals surface area contributed by atoms with E-state index in [0.29, 0.717) is 19.3 Å². The highest BCUT2D eigenvalue weighted by Gasteiger charge is 2.19. The fourth-order valence-electron chi connectivity index (χ4n) is 10.3. The molecule has 1 unspecified atom stereocenters. The van der Waals surface area contributed by atoms with E-state index in [1.807, 2.05) is 0 Å². The molecule has 0 amide bonds. The van der Waals surface area contributed by atoms with E-state index < -0.39 is 6.10 Å². The summed E-state index contributed by atoms with van der Waals surface area (Å²) in [6.45, 7) is 6.57. The van der Waals surface area contributed by atoms with Crippen molar-refractivity contribution in [3.8, 4) is 0 Å². The molecular formula is C74H132O6. The van der Waals surface area contributed by atoms with Gasteiger partial charge in [0.15, 0.2) is 6.10 Å². The molecule has 0 bridgehead atoms. The van der Waals surface area contributed by atoms with Gasteiger partial charge in [0.1, 0.15) is 13.2 Å². The molecule has 0 aromatic rings. The number of ether oxygens (including phenoxy) is 3. The Hall–Kier alpha value is -3.15. The summed E-state index contributed by atoms with van der Waals surface area (Å²) in [5, 5.41) is 0. The van der Waals surface area contributed by atoms with Gasteiger partial charge in [0, 0.05) is 19.3 Å². The second kappa shape index (κ2) is 68.3. The van der Waals surface area contributed by atoms with Crippen molar-refractivity contribution in [2.75, 3.05) is 13.2 Å². The van der Waals surface area contributed by atoms with Crippen LogP contribution in [0.1, 0.15) is 361 Å². The summed E-state index contributed by atoms with van der Waals surface area (Å²) in [6.07, 6.45) is 89.2. The lowest BCUT2D eigenvalue weighted by Crippen LogP contribution is -2.30. The Morgan fingerprint density at radius 3 is 0.762 bits per heavy atom. The molecule has 0 aliphatic rings. The smallest absolute Gasteiger partial charge is 0.306 e. The van der Waals surface area contributed by atoms with Gasteiger partial charge in [-0.3, -0.25) is 14.4 Å². The van der Waals surface area contributed by atoms with Gasteiger partial charge >= 0.3 is 17.9 Å². The minimum atomic E-state index is -0.785. The second-order valence-corrected chi connectivity index (χ2v) is 23.4. The summed E-state index contributed by atoms with van der Waals surface area (Å²) in [5.41, 5.74) is 0. The minimum absolute atomic E-state index is 0.0787. The summed E-state index contributed by atoms with van der Waals surface area (Å²) < 4.78 is 17.0. The monoisotopic (exact) mass is 1120 g/mol. The first-order valence-corrected chi connectivity index (χ1v) is 34.9. The maximum atomic E-state index is 13.0. The van der Waals surface area contributed by atoms with Crippen LogP contribution in [0.4, 0.5) is 0 Å². The fraction of sp³-hybridized carbons (Fsp3) is 0.797. The van der Waals surface area contributed by atoms with Crippen molar-refractivity contribution in [2.24, 2.45) is 0 Å². The van der Waals surface area contributed by atoms with E-state index in [-0.39, 0.29) is 31.1 Å². The van der Waals surface area contributed by atoms with Gasteiger partial charge < -0.3 is 14.2 Å². The molecule has 0 radical (unpaired) electrons. The molecule has 0 N–H and O–H groups in total. The summed E-state index contributed by atoms with van der Waals surface area (Å²) in [5.74, 6) is -0.880. The van der Waals surface area contributed by atoms with Crippen LogP contribution in [0.2, 0.25) is 0 Å². The number of hydrogen-bond donors (Lipinski definition) is 0. The highest BCUT2D eigenvalue weighted by molar-refractivity contribution is 5.71. The lowest BCUT2D eigenvalue weighted by Gasteiger charge is -2.18. The number of unbranched alkanes of at least 4 members (excludes halogenated alkanes) is 41. The Kier molecular flexibility index (Phi) is 65.7. The molecule has 6 nitrogen and oxygen atoms in total. The maximum Gasteiger partial charge on any atom is 0.306 e. The van der Waals surface area contributed by atoms with Crippen LogP contribution in [0.15, 0.2) is 72.9 Å². The number of rotatable bonds is 64. The van der Waals surface area contributed by atoms with Crippen molar-refractivity contribution < 1.29 is 28.6 Å². The van der Waals surface area contributed by atoms with Gasteiger partial charge in [-0.2, -0.15) is 0 Å². The van der Waals surface area contributed by atoms with Crippen molar-refractivity contribution in [3.63, 3.8) is 0 Å². The molecule has 0 heterocycles. The number of carbonyl (C=O) groups is 3. The number of esters is 3. The first-order chi connectivity index (χ1) is 39.5. The van der Waals surface area contributed by atoms with E-state index in [4.69, 9.17) is 14.2 Å². The molecule has 0 saturated heterocycles. The van der Waals surface area contributed by atoms with Crippen LogP contribution in [0.5, 0.6) is 0 Å². The minimum Gasteiger partial charge on any atom is -0.462 e. The largest absolute Gasteiger partial charge is 0.462 e. The molecule has 0 saturated carbocycles. The summed E-state index contributed by atoms with van der Waals surface area (Å²) >= 11 is 0. The van der Waals surface area contributed by atoms with Gasteiger partial charge in [0.25, 0.3) is 0 Å². The molecule has 0 aromatic carbocycles. The van der Waals surface area contributed by atoms with Crippen LogP contribution in [0.3, 0.4) is 0 Å². The standard InChI is InChI=1S/C74H132O6/c1-4-7-10-13-16-19-22-25-28-31-33-35-37-39-41-43-46-49-52-55-58-61-64-67-73(76)79-70-71(69-78-72(75)66-63-60-57-54-51-48-45-30-27-24-21-18-15-12-9-6-3)80-74(77)68-65-62-59-56-53-50-47-44-42-40-38-36-34-32-29-26-23-20-17-14-11-8-5-2/h7,10,16,19,25,28,33,35,39,41,46,49,71H,4-6,8-9,11-15,17-18,20-24,26-27,29-32,34,36-38,40,42-45,47-48,50-70H2,1-3H3/b10-7-,19-16-,28-25-,35-33-,41-39-,49-46-. The Morgan fingerprint density at radius 1 is 0.263 bits per heavy atom. The molecule has 0 fully saturated rings. The van der Waals surface area contributed by atoms with Crippen LogP contribution >= 0.6 is 0 Å². The van der Waals surface area contributed by atoms with Gasteiger partial charge in [0.05, 0.1) is 0 Å². The third kappa shape index (κ3) is 65.7. The maximum absolute atomic E-state index is 13.0. The van der Waals surface area contributed by atoms with Crippen molar-refractivity contribution in [1.29, 1.82) is 0 Å². The number of allylic oxidation sites excluding steroid dienone is 12. The Bertz CT molecular complexity index is 1470. The van der Waals surface area contributed by atoms with Gasteiger partial charge in [-0.05, 0) is 70.6 Å². The summed E-state index contributed by atoms with van der Waals surface area (Å²) in [4.78, 5) is 38.5. The fourth-order valence-corrected chi connectivity index (χ4v) is 10.3. The lowest BCUT2D eigenvalue weighted by molar-refractivity contribution is -0.167. The quantitative estimate of drug-likeness (QED) is 0.0261. The van der Waals surface area contributed by atoms with E-state index >= 15 is 0 Å². The first kappa shape index (κ1) is 76.9. The molecule has 0 aliphatic carbocycles. The predicted octanol–water partition coefficient (Wildman–Crippen LogP) is 24.1. The van der Waals surface area contributed by atoms with E-state index in [1.165, 1.54) is 212 Å². The van der Waals surface area contributed by atoms with Gasteiger partial charge in [0.2, 0.25) is 0 Å². The molecule has 6 heteroatoms. The summed E-state index contributed by atoms with van der Waals surface area (Å²) in [6, 6.07) is 0. The van der Waals surface area contributed by atoms with Crippen LogP contribution in [-0.2, 0) is 28.6 Å². The summed E-state index contributed by atoms with van der Waals surface area (Å²) in [7, 11) is 0. The molecule has 80 heavy (non-hydrogen) atoms. The predicted molar refractivity (Wildman–Crippen MR) is 348 cm³/mol. The van der Waals surface area contributed by atoms with Gasteiger partial charge in [-0.1, -0.05) is 344 Å². The van der Waals surface area contributed by atoms with Crippen LogP contribution in [0, 0.1) is 0 Å². The van der Waals surface area contributed by atoms with Gasteiger partial charge in [-0.25, -0.2) is 0 Å². The van der Waals surface area contributed by atoms with Crippen LogP contribution in [0.25, 0.3) is 0 Å². The molecule has 0 spiro atoms. The average Bonchev–Trinajstić information content (AvgIpc) is 3.46. The molecule has 0 aliphatic heterocycles. The van der Waals surface area contributed by atoms with E-state index in [2.05, 4.69) is 93.7 Å². The van der Waals surface area contributed by atoms with Crippen molar-refractivity contribution in [1.82, 2.24) is 0 Å². The lowest BCUT2D eigenvalue weighted by atomic mass is 10.0. The van der Waals surface area contributed by atoms with E-state index in [0.717, 1.165) is 109 Å². The van der Waals surface area contributed by atoms with Crippen molar-refractivity contribution in [2.45, 2.75) is 367 Å². The zero-order valence-electron chi connectivity index (χ0n) is 53.3. The second-order valence-electron chi connectivity index (χ2n) is 23.4. The van der Waals surface area contributed by atoms with Crippen LogP contribution < -0.4 is 0 Å². The zero-order valence-corrected chi connectivity index (χ0v) is 53.3. The molecular weight excluding hydrogens is 985 g/mol. The Balaban J connectivity index is 4.37. The normalized spacial score (nSPS) is 12.5. The highest BCUT2D eigenvalue weighted by Crippen LogP contribution is 2.18.